The summed E-state index contributed by atoms with van der Waals surface area (Å²) in [6.07, 6.45) is 1.10. The number of rotatable bonds is 8. The third-order valence-corrected chi connectivity index (χ3v) is 3.00. The van der Waals surface area contributed by atoms with Gasteiger partial charge in [0.05, 0.1) is 7.11 Å². The Bertz CT molecular complexity index is 415. The van der Waals surface area contributed by atoms with Crippen LogP contribution in [0.5, 0.6) is 11.5 Å². The second-order valence-corrected chi connectivity index (χ2v) is 4.88. The summed E-state index contributed by atoms with van der Waals surface area (Å²) in [5, 5.41) is 3.47. The van der Waals surface area contributed by atoms with Gasteiger partial charge in [0.2, 0.25) is 0 Å². The van der Waals surface area contributed by atoms with Gasteiger partial charge in [0, 0.05) is 18.2 Å². The fourth-order valence-corrected chi connectivity index (χ4v) is 1.65. The zero-order valence-corrected chi connectivity index (χ0v) is 12.5. The average Bonchev–Trinajstić information content (AvgIpc) is 2.42. The van der Waals surface area contributed by atoms with Crippen molar-refractivity contribution in [3.63, 3.8) is 0 Å². The van der Waals surface area contributed by atoms with Crippen molar-refractivity contribution in [1.29, 1.82) is 0 Å². The maximum Gasteiger partial charge on any atom is 0.166 e. The fraction of sp³-hybridized carbons (Fsp3) is 0.500. The summed E-state index contributed by atoms with van der Waals surface area (Å²) >= 11 is 0. The molecule has 19 heavy (non-hydrogen) atoms. The molecule has 106 valence electrons. The van der Waals surface area contributed by atoms with Crippen LogP contribution in [0, 0.1) is 0 Å². The first-order valence-corrected chi connectivity index (χ1v) is 6.74. The molecule has 0 spiro atoms. The number of para-hydroxylation sites is 1. The highest BCUT2D eigenvalue weighted by molar-refractivity contribution is 5.46. The minimum Gasteiger partial charge on any atom is -0.493 e. The summed E-state index contributed by atoms with van der Waals surface area (Å²) in [5.41, 5.74) is 2.10. The zero-order chi connectivity index (χ0) is 14.3. The van der Waals surface area contributed by atoms with Crippen molar-refractivity contribution in [2.75, 3.05) is 13.7 Å². The predicted molar refractivity (Wildman–Crippen MR) is 79.9 cm³/mol. The van der Waals surface area contributed by atoms with Crippen molar-refractivity contribution < 1.29 is 9.47 Å². The second kappa shape index (κ2) is 7.85. The van der Waals surface area contributed by atoms with E-state index in [2.05, 4.69) is 31.8 Å². The molecule has 3 nitrogen and oxygen atoms in total. The average molecular weight is 263 g/mol. The molecule has 3 heteroatoms. The molecule has 1 atom stereocenters. The van der Waals surface area contributed by atoms with Crippen LogP contribution in [0.2, 0.25) is 0 Å². The van der Waals surface area contributed by atoms with Gasteiger partial charge in [-0.05, 0) is 31.9 Å². The summed E-state index contributed by atoms with van der Waals surface area (Å²) in [7, 11) is 1.66. The molecule has 1 rings (SSSR count). The number of benzene rings is 1. The Morgan fingerprint density at radius 2 is 2.16 bits per heavy atom. The maximum absolute atomic E-state index is 5.82. The topological polar surface area (TPSA) is 30.5 Å². The van der Waals surface area contributed by atoms with Crippen LogP contribution in [-0.2, 0) is 6.54 Å². The van der Waals surface area contributed by atoms with Gasteiger partial charge in [-0.2, -0.15) is 0 Å². The lowest BCUT2D eigenvalue weighted by Crippen LogP contribution is -2.24. The largest absolute Gasteiger partial charge is 0.493 e. The van der Waals surface area contributed by atoms with E-state index in [1.807, 2.05) is 19.1 Å². The van der Waals surface area contributed by atoms with Gasteiger partial charge >= 0.3 is 0 Å². The summed E-state index contributed by atoms with van der Waals surface area (Å²) < 4.78 is 11.2. The van der Waals surface area contributed by atoms with E-state index in [0.717, 1.165) is 35.6 Å². The molecule has 0 radical (unpaired) electrons. The van der Waals surface area contributed by atoms with E-state index >= 15 is 0 Å². The van der Waals surface area contributed by atoms with Crippen molar-refractivity contribution >= 4 is 0 Å². The lowest BCUT2D eigenvalue weighted by Gasteiger charge is -2.17. The molecular formula is C16H25NO2. The Morgan fingerprint density at radius 3 is 2.74 bits per heavy atom. The Balaban J connectivity index is 2.85. The smallest absolute Gasteiger partial charge is 0.166 e. The molecule has 0 aromatic heterocycles. The first-order valence-electron chi connectivity index (χ1n) is 6.74. The third kappa shape index (κ3) is 4.95. The van der Waals surface area contributed by atoms with Crippen LogP contribution in [0.4, 0.5) is 0 Å². The molecular weight excluding hydrogens is 238 g/mol. The van der Waals surface area contributed by atoms with E-state index in [1.165, 1.54) is 0 Å². The van der Waals surface area contributed by atoms with Crippen molar-refractivity contribution in [1.82, 2.24) is 5.32 Å². The molecule has 1 aromatic carbocycles. The van der Waals surface area contributed by atoms with Gasteiger partial charge in [-0.1, -0.05) is 25.6 Å². The van der Waals surface area contributed by atoms with E-state index in [-0.39, 0.29) is 0 Å². The van der Waals surface area contributed by atoms with E-state index in [9.17, 15) is 0 Å². The molecule has 0 saturated heterocycles. The Labute approximate surface area is 116 Å². The summed E-state index contributed by atoms with van der Waals surface area (Å²) in [5.74, 6) is 1.58. The maximum atomic E-state index is 5.82. The number of hydrogen-bond donors (Lipinski definition) is 1. The van der Waals surface area contributed by atoms with Gasteiger partial charge in [0.25, 0.3) is 0 Å². The third-order valence-electron chi connectivity index (χ3n) is 3.00. The van der Waals surface area contributed by atoms with Crippen LogP contribution in [0.3, 0.4) is 0 Å². The fourth-order valence-electron chi connectivity index (χ4n) is 1.65. The molecule has 0 aliphatic carbocycles. The summed E-state index contributed by atoms with van der Waals surface area (Å²) in [6, 6.07) is 6.45. The lowest BCUT2D eigenvalue weighted by atomic mass is 10.1. The van der Waals surface area contributed by atoms with Gasteiger partial charge < -0.3 is 14.8 Å². The standard InChI is InChI=1S/C16H25NO2/c1-6-13(4)17-10-14-8-7-9-15(18-5)16(14)19-11-12(2)3/h7-9,13,17H,2,6,10-11H2,1,3-5H3. The monoisotopic (exact) mass is 263 g/mol. The van der Waals surface area contributed by atoms with E-state index in [1.54, 1.807) is 7.11 Å². The van der Waals surface area contributed by atoms with Crippen molar-refractivity contribution in [2.24, 2.45) is 0 Å². The van der Waals surface area contributed by atoms with Crippen molar-refractivity contribution in [2.45, 2.75) is 39.8 Å². The molecule has 0 heterocycles. The highest BCUT2D eigenvalue weighted by atomic mass is 16.5. The number of methoxy groups -OCH3 is 1. The quantitative estimate of drug-likeness (QED) is 0.728. The highest BCUT2D eigenvalue weighted by Crippen LogP contribution is 2.31. The molecule has 0 aliphatic rings. The Hall–Kier alpha value is -1.48. The molecule has 0 aliphatic heterocycles. The van der Waals surface area contributed by atoms with Gasteiger partial charge in [0.1, 0.15) is 6.61 Å². The van der Waals surface area contributed by atoms with Gasteiger partial charge in [-0.15, -0.1) is 0 Å². The predicted octanol–water partition coefficient (Wildman–Crippen LogP) is 3.54. The minimum absolute atomic E-state index is 0.486. The molecule has 0 saturated carbocycles. The number of nitrogens with one attached hydrogen (secondary N) is 1. The zero-order valence-electron chi connectivity index (χ0n) is 12.5. The first kappa shape index (κ1) is 15.6. The van der Waals surface area contributed by atoms with Crippen LogP contribution in [0.1, 0.15) is 32.8 Å². The molecule has 1 aromatic rings. The number of ether oxygens (including phenoxy) is 2. The molecule has 0 amide bonds. The van der Waals surface area contributed by atoms with Crippen molar-refractivity contribution in [3.8, 4) is 11.5 Å². The van der Waals surface area contributed by atoms with Crippen LogP contribution >= 0.6 is 0 Å². The Morgan fingerprint density at radius 1 is 1.42 bits per heavy atom. The molecule has 1 N–H and O–H groups in total. The normalized spacial score (nSPS) is 12.0. The van der Waals surface area contributed by atoms with Crippen molar-refractivity contribution in [3.05, 3.63) is 35.9 Å². The Kier molecular flexibility index (Phi) is 6.43. The molecule has 0 bridgehead atoms. The minimum atomic E-state index is 0.486. The van der Waals surface area contributed by atoms with Gasteiger partial charge in [0.15, 0.2) is 11.5 Å². The van der Waals surface area contributed by atoms with E-state index in [0.29, 0.717) is 12.6 Å². The second-order valence-electron chi connectivity index (χ2n) is 4.88. The van der Waals surface area contributed by atoms with Crippen LogP contribution < -0.4 is 14.8 Å². The lowest BCUT2D eigenvalue weighted by molar-refractivity contribution is 0.315. The number of hydrogen-bond acceptors (Lipinski definition) is 3. The highest BCUT2D eigenvalue weighted by Gasteiger charge is 2.11. The van der Waals surface area contributed by atoms with Crippen LogP contribution in [0.15, 0.2) is 30.4 Å². The SMILES string of the molecule is C=C(C)COc1c(CNC(C)CC)cccc1OC. The van der Waals surface area contributed by atoms with Crippen LogP contribution in [-0.4, -0.2) is 19.8 Å². The van der Waals surface area contributed by atoms with E-state index in [4.69, 9.17) is 9.47 Å². The van der Waals surface area contributed by atoms with Gasteiger partial charge in [-0.25, -0.2) is 0 Å². The van der Waals surface area contributed by atoms with Gasteiger partial charge in [-0.3, -0.25) is 0 Å². The summed E-state index contributed by atoms with van der Waals surface area (Å²) in [4.78, 5) is 0. The summed E-state index contributed by atoms with van der Waals surface area (Å²) in [6.45, 7) is 11.4. The first-order chi connectivity index (χ1) is 9.08. The van der Waals surface area contributed by atoms with Crippen LogP contribution in [0.25, 0.3) is 0 Å². The molecule has 1 unspecified atom stereocenters. The molecule has 0 fully saturated rings. The van der Waals surface area contributed by atoms with E-state index < -0.39 is 0 Å².